The van der Waals surface area contributed by atoms with E-state index in [1.165, 1.54) is 35.2 Å². The Morgan fingerprint density at radius 1 is 1.16 bits per heavy atom. The summed E-state index contributed by atoms with van der Waals surface area (Å²) in [5.74, 6) is -0.599. The summed E-state index contributed by atoms with van der Waals surface area (Å²) in [6.07, 6.45) is -0.688. The number of ether oxygens (including phenoxy) is 1. The van der Waals surface area contributed by atoms with Gasteiger partial charge in [0.05, 0.1) is 21.1 Å². The zero-order chi connectivity index (χ0) is 23.0. The Labute approximate surface area is 178 Å². The van der Waals surface area contributed by atoms with E-state index in [4.69, 9.17) is 4.74 Å². The molecule has 0 unspecified atom stereocenters. The number of non-ortho nitro benzene ring substituents is 1. The van der Waals surface area contributed by atoms with Crippen molar-refractivity contribution in [2.75, 3.05) is 18.0 Å². The molecule has 0 atom stereocenters. The number of nitrogens with zero attached hydrogens (tertiary/aromatic N) is 2. The Morgan fingerprint density at radius 2 is 1.84 bits per heavy atom. The molecule has 31 heavy (non-hydrogen) atoms. The van der Waals surface area contributed by atoms with Crippen LogP contribution >= 0.6 is 0 Å². The summed E-state index contributed by atoms with van der Waals surface area (Å²) in [5.41, 5.74) is -1.18. The quantitative estimate of drug-likeness (QED) is 0.562. The number of nitro groups is 1. The number of anilines is 1. The third-order valence-corrected chi connectivity index (χ3v) is 6.23. The highest BCUT2D eigenvalue weighted by molar-refractivity contribution is 7.91. The normalized spacial score (nSPS) is 14.8. The Morgan fingerprint density at radius 3 is 2.48 bits per heavy atom. The second-order valence-electron chi connectivity index (χ2n) is 7.79. The molecular formula is C20H21N3O7S. The number of amides is 2. The van der Waals surface area contributed by atoms with Crippen LogP contribution in [0.15, 0.2) is 52.3 Å². The van der Waals surface area contributed by atoms with Crippen LogP contribution in [0.4, 0.5) is 16.2 Å². The third-order valence-electron chi connectivity index (χ3n) is 4.39. The molecule has 10 nitrogen and oxygen atoms in total. The molecule has 1 N–H and O–H groups in total. The van der Waals surface area contributed by atoms with Crippen molar-refractivity contribution < 1.29 is 27.7 Å². The monoisotopic (exact) mass is 447 g/mol. The second-order valence-corrected chi connectivity index (χ2v) is 9.68. The topological polar surface area (TPSA) is 136 Å². The minimum Gasteiger partial charge on any atom is -0.444 e. The molecule has 0 fully saturated rings. The van der Waals surface area contributed by atoms with Crippen LogP contribution in [0.3, 0.4) is 0 Å². The van der Waals surface area contributed by atoms with Crippen molar-refractivity contribution in [2.45, 2.75) is 36.2 Å². The van der Waals surface area contributed by atoms with E-state index in [0.29, 0.717) is 0 Å². The number of sulfone groups is 1. The first-order chi connectivity index (χ1) is 14.4. The van der Waals surface area contributed by atoms with Gasteiger partial charge in [0.1, 0.15) is 10.5 Å². The molecule has 164 valence electrons. The Kier molecular flexibility index (Phi) is 5.72. The van der Waals surface area contributed by atoms with Crippen molar-refractivity contribution in [3.05, 3.63) is 58.1 Å². The number of fused-ring (bicyclic) bond motifs is 2. The SMILES string of the molecule is CC(C)(C)OC(=O)NCCN1C(=O)c2ccccc2S(=O)(=O)c2cc([N+](=O)[O-])ccc21. The summed E-state index contributed by atoms with van der Waals surface area (Å²) < 4.78 is 31.6. The van der Waals surface area contributed by atoms with Crippen molar-refractivity contribution in [1.82, 2.24) is 5.32 Å². The smallest absolute Gasteiger partial charge is 0.407 e. The number of hydrogen-bond acceptors (Lipinski definition) is 7. The van der Waals surface area contributed by atoms with Crippen molar-refractivity contribution in [1.29, 1.82) is 0 Å². The summed E-state index contributed by atoms with van der Waals surface area (Å²) in [7, 11) is -4.20. The van der Waals surface area contributed by atoms with Gasteiger partial charge >= 0.3 is 6.09 Å². The standard InChI is InChI=1S/C20H21N3O7S/c1-20(2,3)30-19(25)21-10-11-22-15-9-8-13(23(26)27)12-17(15)31(28,29)16-7-5-4-6-14(16)18(22)24/h4-9,12H,10-11H2,1-3H3,(H,21,25). The van der Waals surface area contributed by atoms with Gasteiger partial charge in [0, 0.05) is 25.2 Å². The maximum Gasteiger partial charge on any atom is 0.407 e. The summed E-state index contributed by atoms with van der Waals surface area (Å²) in [6.45, 7) is 5.01. The van der Waals surface area contributed by atoms with Gasteiger partial charge in [0.25, 0.3) is 11.6 Å². The van der Waals surface area contributed by atoms with Crippen molar-refractivity contribution in [2.24, 2.45) is 0 Å². The van der Waals surface area contributed by atoms with Crippen LogP contribution in [0.1, 0.15) is 31.1 Å². The van der Waals surface area contributed by atoms with Gasteiger partial charge < -0.3 is 15.0 Å². The number of carbonyl (C=O) groups is 2. The van der Waals surface area contributed by atoms with Gasteiger partial charge in [-0.05, 0) is 39.0 Å². The van der Waals surface area contributed by atoms with Crippen molar-refractivity contribution >= 4 is 33.2 Å². The highest BCUT2D eigenvalue weighted by Gasteiger charge is 2.36. The molecule has 0 radical (unpaired) electrons. The van der Waals surface area contributed by atoms with Crippen LogP contribution < -0.4 is 10.2 Å². The van der Waals surface area contributed by atoms with E-state index in [9.17, 15) is 28.1 Å². The lowest BCUT2D eigenvalue weighted by atomic mass is 10.1. The average molecular weight is 447 g/mol. The molecule has 1 aliphatic heterocycles. The Hall–Kier alpha value is -3.47. The van der Waals surface area contributed by atoms with E-state index in [2.05, 4.69) is 5.32 Å². The maximum atomic E-state index is 13.2. The fraction of sp³-hybridized carbons (Fsp3) is 0.300. The first-order valence-electron chi connectivity index (χ1n) is 9.33. The minimum absolute atomic E-state index is 0.00205. The van der Waals surface area contributed by atoms with Gasteiger partial charge in [-0.1, -0.05) is 12.1 Å². The van der Waals surface area contributed by atoms with Crippen LogP contribution in [0.2, 0.25) is 0 Å². The van der Waals surface area contributed by atoms with Crippen LogP contribution in [0, 0.1) is 10.1 Å². The molecule has 3 rings (SSSR count). The summed E-state index contributed by atoms with van der Waals surface area (Å²) in [5, 5.41) is 13.7. The molecule has 0 aromatic heterocycles. The van der Waals surface area contributed by atoms with Gasteiger partial charge in [-0.25, -0.2) is 13.2 Å². The lowest BCUT2D eigenvalue weighted by molar-refractivity contribution is -0.385. The lowest BCUT2D eigenvalue weighted by Gasteiger charge is -2.24. The fourth-order valence-corrected chi connectivity index (χ4v) is 4.78. The molecule has 0 aliphatic carbocycles. The molecule has 11 heteroatoms. The molecule has 0 bridgehead atoms. The first kappa shape index (κ1) is 22.2. The largest absolute Gasteiger partial charge is 0.444 e. The lowest BCUT2D eigenvalue weighted by Crippen LogP contribution is -2.40. The molecule has 2 aromatic carbocycles. The average Bonchev–Trinajstić information content (AvgIpc) is 2.74. The van der Waals surface area contributed by atoms with Gasteiger partial charge in [0.2, 0.25) is 9.84 Å². The number of carbonyl (C=O) groups excluding carboxylic acids is 2. The van der Waals surface area contributed by atoms with Crippen LogP contribution in [0.5, 0.6) is 0 Å². The minimum atomic E-state index is -4.20. The van der Waals surface area contributed by atoms with Crippen molar-refractivity contribution in [3.8, 4) is 0 Å². The van der Waals surface area contributed by atoms with E-state index in [0.717, 1.165) is 12.1 Å². The Bertz CT molecular complexity index is 1170. The van der Waals surface area contributed by atoms with Crippen LogP contribution in [-0.4, -0.2) is 44.0 Å². The second kappa shape index (κ2) is 7.99. The molecule has 2 amide bonds. The van der Waals surface area contributed by atoms with E-state index < -0.39 is 38.0 Å². The van der Waals surface area contributed by atoms with Crippen LogP contribution in [-0.2, 0) is 14.6 Å². The Balaban J connectivity index is 2.03. The molecule has 0 saturated heterocycles. The van der Waals surface area contributed by atoms with E-state index in [1.807, 2.05) is 0 Å². The fourth-order valence-electron chi connectivity index (χ4n) is 3.11. The van der Waals surface area contributed by atoms with Gasteiger partial charge in [-0.2, -0.15) is 0 Å². The number of nitrogens with one attached hydrogen (secondary N) is 1. The maximum absolute atomic E-state index is 13.2. The first-order valence-corrected chi connectivity index (χ1v) is 10.8. The zero-order valence-electron chi connectivity index (χ0n) is 17.1. The van der Waals surface area contributed by atoms with Gasteiger partial charge in [-0.15, -0.1) is 0 Å². The third kappa shape index (κ3) is 4.50. The summed E-state index contributed by atoms with van der Waals surface area (Å²) >= 11 is 0. The van der Waals surface area contributed by atoms with E-state index in [-0.39, 0.29) is 34.1 Å². The molecule has 2 aromatic rings. The van der Waals surface area contributed by atoms with Gasteiger partial charge in [-0.3, -0.25) is 14.9 Å². The zero-order valence-corrected chi connectivity index (χ0v) is 17.9. The highest BCUT2D eigenvalue weighted by Crippen LogP contribution is 2.38. The summed E-state index contributed by atoms with van der Waals surface area (Å²) in [6, 6.07) is 8.96. The predicted octanol–water partition coefficient (Wildman–Crippen LogP) is 2.91. The number of nitro benzene ring substituents is 1. The molecule has 0 saturated carbocycles. The molecule has 1 heterocycles. The number of alkyl carbamates (subject to hydrolysis) is 1. The van der Waals surface area contributed by atoms with E-state index >= 15 is 0 Å². The number of rotatable bonds is 4. The van der Waals surface area contributed by atoms with Gasteiger partial charge in [0.15, 0.2) is 0 Å². The summed E-state index contributed by atoms with van der Waals surface area (Å²) in [4.78, 5) is 36.2. The number of hydrogen-bond donors (Lipinski definition) is 1. The highest BCUT2D eigenvalue weighted by atomic mass is 32.2. The van der Waals surface area contributed by atoms with Crippen molar-refractivity contribution in [3.63, 3.8) is 0 Å². The van der Waals surface area contributed by atoms with E-state index in [1.54, 1.807) is 20.8 Å². The molecule has 1 aliphatic rings. The van der Waals surface area contributed by atoms with Crippen LogP contribution in [0.25, 0.3) is 0 Å². The number of benzene rings is 2. The predicted molar refractivity (Wildman–Crippen MR) is 111 cm³/mol. The molecular weight excluding hydrogens is 426 g/mol. The molecule has 0 spiro atoms.